The number of likely N-dealkylation sites (N-methyl/N-ethyl adjacent to an activating group) is 1. The summed E-state index contributed by atoms with van der Waals surface area (Å²) in [6.07, 6.45) is 0. The molecule has 90 valence electrons. The molecule has 0 atom stereocenters. The molecule has 0 aromatic heterocycles. The van der Waals surface area contributed by atoms with Gasteiger partial charge in [0.05, 0.1) is 0 Å². The third-order valence-electron chi connectivity index (χ3n) is 2.57. The van der Waals surface area contributed by atoms with Crippen LogP contribution in [0.4, 0.5) is 4.39 Å². The fraction of sp³-hybridized carbons (Fsp3) is 0.500. The van der Waals surface area contributed by atoms with E-state index in [2.05, 4.69) is 40.1 Å². The van der Waals surface area contributed by atoms with Crippen LogP contribution in [0, 0.1) is 5.82 Å². The Labute approximate surface area is 105 Å². The van der Waals surface area contributed by atoms with Gasteiger partial charge in [-0.2, -0.15) is 0 Å². The third kappa shape index (κ3) is 4.20. The van der Waals surface area contributed by atoms with Gasteiger partial charge in [0.2, 0.25) is 0 Å². The van der Waals surface area contributed by atoms with Crippen molar-refractivity contribution in [1.82, 2.24) is 10.2 Å². The average Bonchev–Trinajstić information content (AvgIpc) is 2.27. The smallest absolute Gasteiger partial charge is 0.128 e. The van der Waals surface area contributed by atoms with Crippen LogP contribution >= 0.6 is 15.9 Å². The molecule has 0 radical (unpaired) electrons. The number of nitrogens with one attached hydrogen (secondary N) is 1. The van der Waals surface area contributed by atoms with E-state index in [9.17, 15) is 4.39 Å². The molecule has 0 bridgehead atoms. The fourth-order valence-corrected chi connectivity index (χ4v) is 1.82. The van der Waals surface area contributed by atoms with Gasteiger partial charge in [-0.3, -0.25) is 0 Å². The van der Waals surface area contributed by atoms with Crippen molar-refractivity contribution in [2.75, 3.05) is 26.7 Å². The summed E-state index contributed by atoms with van der Waals surface area (Å²) < 4.78 is 14.2. The molecule has 0 amide bonds. The zero-order chi connectivity index (χ0) is 12.0. The van der Waals surface area contributed by atoms with Gasteiger partial charge in [-0.15, -0.1) is 0 Å². The van der Waals surface area contributed by atoms with E-state index in [-0.39, 0.29) is 5.82 Å². The van der Waals surface area contributed by atoms with Crippen molar-refractivity contribution in [3.8, 4) is 0 Å². The predicted octanol–water partition coefficient (Wildman–Crippen LogP) is 2.63. The first-order chi connectivity index (χ1) is 7.65. The van der Waals surface area contributed by atoms with E-state index in [4.69, 9.17) is 0 Å². The van der Waals surface area contributed by atoms with Crippen LogP contribution in [0.3, 0.4) is 0 Å². The minimum atomic E-state index is -0.161. The topological polar surface area (TPSA) is 15.3 Å². The Bertz CT molecular complexity index is 311. The molecule has 1 aromatic rings. The quantitative estimate of drug-likeness (QED) is 0.810. The van der Waals surface area contributed by atoms with Crippen LogP contribution < -0.4 is 5.32 Å². The average molecular weight is 289 g/mol. The monoisotopic (exact) mass is 288 g/mol. The van der Waals surface area contributed by atoms with Gasteiger partial charge in [0.25, 0.3) is 0 Å². The van der Waals surface area contributed by atoms with Crippen LogP contribution in [0.1, 0.15) is 12.5 Å². The standard InChI is InChI=1S/C12H18BrFN2/c1-3-16(2)8-7-15-9-10-11(13)5-4-6-12(10)14/h4-6,15H,3,7-9H2,1-2H3. The van der Waals surface area contributed by atoms with E-state index >= 15 is 0 Å². The summed E-state index contributed by atoms with van der Waals surface area (Å²) >= 11 is 3.35. The molecule has 1 N–H and O–H groups in total. The van der Waals surface area contributed by atoms with Crippen LogP contribution in [0.25, 0.3) is 0 Å². The lowest BCUT2D eigenvalue weighted by Crippen LogP contribution is -2.29. The van der Waals surface area contributed by atoms with E-state index in [0.717, 1.165) is 24.1 Å². The van der Waals surface area contributed by atoms with E-state index < -0.39 is 0 Å². The minimum absolute atomic E-state index is 0.161. The van der Waals surface area contributed by atoms with Crippen LogP contribution in [-0.2, 0) is 6.54 Å². The van der Waals surface area contributed by atoms with Gasteiger partial charge in [-0.05, 0) is 25.7 Å². The minimum Gasteiger partial charge on any atom is -0.311 e. The molecule has 4 heteroatoms. The number of rotatable bonds is 6. The van der Waals surface area contributed by atoms with Crippen LogP contribution in [0.2, 0.25) is 0 Å². The molecule has 16 heavy (non-hydrogen) atoms. The maximum atomic E-state index is 13.4. The van der Waals surface area contributed by atoms with Crippen molar-refractivity contribution in [3.63, 3.8) is 0 Å². The third-order valence-corrected chi connectivity index (χ3v) is 3.32. The van der Waals surface area contributed by atoms with Gasteiger partial charge in [-0.1, -0.05) is 28.9 Å². The summed E-state index contributed by atoms with van der Waals surface area (Å²) in [5.74, 6) is -0.161. The second kappa shape index (κ2) is 6.99. The van der Waals surface area contributed by atoms with Gasteiger partial charge in [0.1, 0.15) is 5.82 Å². The Morgan fingerprint density at radius 3 is 2.81 bits per heavy atom. The van der Waals surface area contributed by atoms with Gasteiger partial charge in [0.15, 0.2) is 0 Å². The molecule has 0 unspecified atom stereocenters. The summed E-state index contributed by atoms with van der Waals surface area (Å²) in [5.41, 5.74) is 0.696. The molecule has 0 aliphatic carbocycles. The highest BCUT2D eigenvalue weighted by atomic mass is 79.9. The summed E-state index contributed by atoms with van der Waals surface area (Å²) in [6.45, 7) is 5.55. The van der Waals surface area contributed by atoms with Crippen molar-refractivity contribution in [2.24, 2.45) is 0 Å². The summed E-state index contributed by atoms with van der Waals surface area (Å²) in [6, 6.07) is 5.05. The van der Waals surface area contributed by atoms with Gasteiger partial charge in [-0.25, -0.2) is 4.39 Å². The van der Waals surface area contributed by atoms with Crippen molar-refractivity contribution in [3.05, 3.63) is 34.1 Å². The van der Waals surface area contributed by atoms with Crippen molar-refractivity contribution in [2.45, 2.75) is 13.5 Å². The molecule has 1 aromatic carbocycles. The van der Waals surface area contributed by atoms with Gasteiger partial charge in [0, 0.05) is 29.7 Å². The van der Waals surface area contributed by atoms with Crippen molar-refractivity contribution in [1.29, 1.82) is 0 Å². The molecule has 0 fully saturated rings. The maximum absolute atomic E-state index is 13.4. The number of nitrogens with zero attached hydrogens (tertiary/aromatic N) is 1. The highest BCUT2D eigenvalue weighted by Crippen LogP contribution is 2.18. The molecular weight excluding hydrogens is 271 g/mol. The van der Waals surface area contributed by atoms with Crippen molar-refractivity contribution < 1.29 is 4.39 Å². The Hall–Kier alpha value is -0.450. The Kier molecular flexibility index (Phi) is 5.95. The molecule has 0 saturated heterocycles. The molecule has 0 saturated carbocycles. The maximum Gasteiger partial charge on any atom is 0.128 e. The zero-order valence-electron chi connectivity index (χ0n) is 9.76. The zero-order valence-corrected chi connectivity index (χ0v) is 11.3. The van der Waals surface area contributed by atoms with E-state index in [0.29, 0.717) is 12.1 Å². The second-order valence-electron chi connectivity index (χ2n) is 3.77. The van der Waals surface area contributed by atoms with Crippen LogP contribution in [0.15, 0.2) is 22.7 Å². The van der Waals surface area contributed by atoms with E-state index in [1.165, 1.54) is 6.07 Å². The summed E-state index contributed by atoms with van der Waals surface area (Å²) in [5, 5.41) is 3.24. The highest BCUT2D eigenvalue weighted by molar-refractivity contribution is 9.10. The summed E-state index contributed by atoms with van der Waals surface area (Å²) in [4.78, 5) is 2.21. The second-order valence-corrected chi connectivity index (χ2v) is 4.63. The van der Waals surface area contributed by atoms with Crippen molar-refractivity contribution >= 4 is 15.9 Å². The van der Waals surface area contributed by atoms with Gasteiger partial charge < -0.3 is 10.2 Å². The lowest BCUT2D eigenvalue weighted by Gasteiger charge is -2.14. The number of hydrogen-bond acceptors (Lipinski definition) is 2. The summed E-state index contributed by atoms with van der Waals surface area (Å²) in [7, 11) is 2.07. The largest absolute Gasteiger partial charge is 0.311 e. The lowest BCUT2D eigenvalue weighted by molar-refractivity contribution is 0.348. The van der Waals surface area contributed by atoms with Crippen LogP contribution in [0.5, 0.6) is 0 Å². The number of hydrogen-bond donors (Lipinski definition) is 1. The number of benzene rings is 1. The molecule has 0 heterocycles. The molecule has 0 spiro atoms. The Morgan fingerprint density at radius 1 is 1.44 bits per heavy atom. The first-order valence-electron chi connectivity index (χ1n) is 5.47. The van der Waals surface area contributed by atoms with Crippen LogP contribution in [-0.4, -0.2) is 31.6 Å². The molecule has 2 nitrogen and oxygen atoms in total. The first-order valence-corrected chi connectivity index (χ1v) is 6.26. The van der Waals surface area contributed by atoms with E-state index in [1.807, 2.05) is 6.07 Å². The Balaban J connectivity index is 2.37. The highest BCUT2D eigenvalue weighted by Gasteiger charge is 2.05. The normalized spacial score (nSPS) is 11.1. The predicted molar refractivity (Wildman–Crippen MR) is 69.0 cm³/mol. The SMILES string of the molecule is CCN(C)CCNCc1c(F)cccc1Br. The molecule has 1 rings (SSSR count). The van der Waals surface area contributed by atoms with E-state index in [1.54, 1.807) is 6.07 Å². The first kappa shape index (κ1) is 13.6. The molecule has 0 aliphatic rings. The van der Waals surface area contributed by atoms with Gasteiger partial charge >= 0.3 is 0 Å². The number of halogens is 2. The fourth-order valence-electron chi connectivity index (χ4n) is 1.34. The lowest BCUT2D eigenvalue weighted by atomic mass is 10.2. The molecular formula is C12H18BrFN2. The molecule has 0 aliphatic heterocycles. The Morgan fingerprint density at radius 2 is 2.19 bits per heavy atom.